The molecule has 2 aliphatic rings. The molecule has 0 fully saturated rings. The summed E-state index contributed by atoms with van der Waals surface area (Å²) in [6, 6.07) is 4.13. The zero-order valence-corrected chi connectivity index (χ0v) is 9.29. The lowest BCUT2D eigenvalue weighted by atomic mass is 9.92. The van der Waals surface area contributed by atoms with Crippen molar-refractivity contribution in [3.05, 3.63) is 23.3 Å². The van der Waals surface area contributed by atoms with E-state index in [9.17, 15) is 0 Å². The molecule has 0 amide bonds. The second kappa shape index (κ2) is 3.96. The highest BCUT2D eigenvalue weighted by atomic mass is 16.7. The van der Waals surface area contributed by atoms with Gasteiger partial charge in [-0.1, -0.05) is 6.07 Å². The van der Waals surface area contributed by atoms with Crippen LogP contribution >= 0.6 is 0 Å². The summed E-state index contributed by atoms with van der Waals surface area (Å²) in [4.78, 5) is 0. The van der Waals surface area contributed by atoms with Gasteiger partial charge in [0.2, 0.25) is 6.79 Å². The largest absolute Gasteiger partial charge is 0.454 e. The molecule has 1 N–H and O–H groups in total. The fraction of sp³-hybridized carbons (Fsp3) is 0.500. The molecule has 1 aromatic rings. The van der Waals surface area contributed by atoms with E-state index in [1.165, 1.54) is 5.56 Å². The minimum absolute atomic E-state index is 0.322. The first-order valence-electron chi connectivity index (χ1n) is 5.54. The molecule has 1 atom stereocenters. The number of ether oxygens (including phenoxy) is 3. The Morgan fingerprint density at radius 1 is 1.38 bits per heavy atom. The smallest absolute Gasteiger partial charge is 0.231 e. The number of likely N-dealkylation sites (N-methyl/N-ethyl adjacent to an activating group) is 1. The van der Waals surface area contributed by atoms with Gasteiger partial charge in [0, 0.05) is 18.0 Å². The van der Waals surface area contributed by atoms with Crippen molar-refractivity contribution in [3.8, 4) is 11.5 Å². The fourth-order valence-corrected chi connectivity index (χ4v) is 2.39. The Hall–Kier alpha value is -1.26. The van der Waals surface area contributed by atoms with Gasteiger partial charge in [-0.2, -0.15) is 0 Å². The minimum atomic E-state index is 0.322. The molecule has 4 heteroatoms. The SMILES string of the molecule is CNC[C@H]1COCc2c1ccc1c2OCO1. The molecule has 16 heavy (non-hydrogen) atoms. The minimum Gasteiger partial charge on any atom is -0.454 e. The van der Waals surface area contributed by atoms with Crippen LogP contribution in [0.4, 0.5) is 0 Å². The lowest BCUT2D eigenvalue weighted by molar-refractivity contribution is 0.0881. The van der Waals surface area contributed by atoms with Crippen molar-refractivity contribution in [2.24, 2.45) is 0 Å². The van der Waals surface area contributed by atoms with Crippen molar-refractivity contribution in [1.82, 2.24) is 5.32 Å². The molecule has 3 rings (SSSR count). The topological polar surface area (TPSA) is 39.7 Å². The van der Waals surface area contributed by atoms with E-state index in [1.807, 2.05) is 13.1 Å². The summed E-state index contributed by atoms with van der Waals surface area (Å²) in [5.74, 6) is 2.12. The van der Waals surface area contributed by atoms with Gasteiger partial charge in [0.05, 0.1) is 13.2 Å². The van der Waals surface area contributed by atoms with Crippen LogP contribution in [-0.2, 0) is 11.3 Å². The number of hydrogen-bond acceptors (Lipinski definition) is 4. The third kappa shape index (κ3) is 1.45. The Balaban J connectivity index is 2.02. The summed E-state index contributed by atoms with van der Waals surface area (Å²) < 4.78 is 16.5. The standard InChI is InChI=1S/C12H15NO3/c1-13-4-8-5-14-6-10-9(8)2-3-11-12(10)16-7-15-11/h2-3,8,13H,4-7H2,1H3/t8-/m0/s1. The zero-order valence-electron chi connectivity index (χ0n) is 9.29. The van der Waals surface area contributed by atoms with Gasteiger partial charge in [0.1, 0.15) is 0 Å². The Kier molecular flexibility index (Phi) is 2.46. The van der Waals surface area contributed by atoms with E-state index in [-0.39, 0.29) is 0 Å². The monoisotopic (exact) mass is 221 g/mol. The van der Waals surface area contributed by atoms with Crippen LogP contribution < -0.4 is 14.8 Å². The normalized spacial score (nSPS) is 21.9. The first-order chi connectivity index (χ1) is 7.90. The van der Waals surface area contributed by atoms with Crippen molar-refractivity contribution in [2.75, 3.05) is 27.0 Å². The van der Waals surface area contributed by atoms with E-state index in [0.29, 0.717) is 19.3 Å². The van der Waals surface area contributed by atoms with E-state index in [2.05, 4.69) is 11.4 Å². The van der Waals surface area contributed by atoms with Crippen LogP contribution in [0.3, 0.4) is 0 Å². The van der Waals surface area contributed by atoms with E-state index in [4.69, 9.17) is 14.2 Å². The maximum atomic E-state index is 5.61. The molecule has 2 heterocycles. The van der Waals surface area contributed by atoms with E-state index in [1.54, 1.807) is 0 Å². The molecule has 0 saturated heterocycles. The Labute approximate surface area is 94.5 Å². The average molecular weight is 221 g/mol. The van der Waals surface area contributed by atoms with E-state index >= 15 is 0 Å². The maximum absolute atomic E-state index is 5.61. The summed E-state index contributed by atoms with van der Waals surface area (Å²) in [5.41, 5.74) is 2.48. The van der Waals surface area contributed by atoms with Gasteiger partial charge in [-0.15, -0.1) is 0 Å². The van der Waals surface area contributed by atoms with Gasteiger partial charge < -0.3 is 19.5 Å². The molecule has 0 saturated carbocycles. The summed E-state index contributed by atoms with van der Waals surface area (Å²) >= 11 is 0. The van der Waals surface area contributed by atoms with Crippen molar-refractivity contribution >= 4 is 0 Å². The summed E-state index contributed by atoms with van der Waals surface area (Å²) in [6.45, 7) is 2.64. The number of benzene rings is 1. The number of nitrogens with one attached hydrogen (secondary N) is 1. The van der Waals surface area contributed by atoms with Gasteiger partial charge >= 0.3 is 0 Å². The molecule has 0 bridgehead atoms. The molecular formula is C12H15NO3. The predicted molar refractivity (Wildman–Crippen MR) is 58.9 cm³/mol. The third-order valence-electron chi connectivity index (χ3n) is 3.13. The number of rotatable bonds is 2. The van der Waals surface area contributed by atoms with Gasteiger partial charge in [0.25, 0.3) is 0 Å². The molecule has 4 nitrogen and oxygen atoms in total. The van der Waals surface area contributed by atoms with Crippen molar-refractivity contribution < 1.29 is 14.2 Å². The predicted octanol–water partition coefficient (Wildman–Crippen LogP) is 1.25. The molecule has 1 aromatic carbocycles. The van der Waals surface area contributed by atoms with Crippen LogP contribution in [0.1, 0.15) is 17.0 Å². The van der Waals surface area contributed by atoms with Crippen molar-refractivity contribution in [2.45, 2.75) is 12.5 Å². The number of hydrogen-bond donors (Lipinski definition) is 1. The molecular weight excluding hydrogens is 206 g/mol. The number of fused-ring (bicyclic) bond motifs is 3. The molecule has 0 aliphatic carbocycles. The highest BCUT2D eigenvalue weighted by molar-refractivity contribution is 5.53. The first kappa shape index (κ1) is 9.93. The Bertz CT molecular complexity index is 405. The van der Waals surface area contributed by atoms with Crippen molar-refractivity contribution in [1.29, 1.82) is 0 Å². The van der Waals surface area contributed by atoms with Crippen molar-refractivity contribution in [3.63, 3.8) is 0 Å². The fourth-order valence-electron chi connectivity index (χ4n) is 2.39. The second-order valence-corrected chi connectivity index (χ2v) is 4.14. The molecule has 0 radical (unpaired) electrons. The first-order valence-corrected chi connectivity index (χ1v) is 5.54. The molecule has 0 unspecified atom stereocenters. The summed E-state index contributed by atoms with van der Waals surface area (Å²) in [7, 11) is 1.96. The van der Waals surface area contributed by atoms with E-state index < -0.39 is 0 Å². The molecule has 2 aliphatic heterocycles. The summed E-state index contributed by atoms with van der Waals surface area (Å²) in [6.07, 6.45) is 0. The lowest BCUT2D eigenvalue weighted by Gasteiger charge is -2.26. The van der Waals surface area contributed by atoms with Crippen LogP contribution in [0.25, 0.3) is 0 Å². The molecule has 0 spiro atoms. The highest BCUT2D eigenvalue weighted by Gasteiger charge is 2.27. The van der Waals surface area contributed by atoms with Crippen LogP contribution in [0.2, 0.25) is 0 Å². The quantitative estimate of drug-likeness (QED) is 0.816. The molecule has 86 valence electrons. The van der Waals surface area contributed by atoms with Gasteiger partial charge in [0.15, 0.2) is 11.5 Å². The maximum Gasteiger partial charge on any atom is 0.231 e. The van der Waals surface area contributed by atoms with Crippen LogP contribution in [-0.4, -0.2) is 27.0 Å². The summed E-state index contributed by atoms with van der Waals surface area (Å²) in [5, 5.41) is 3.19. The van der Waals surface area contributed by atoms with Crippen LogP contribution in [0.5, 0.6) is 11.5 Å². The lowest BCUT2D eigenvalue weighted by Crippen LogP contribution is -2.25. The average Bonchev–Trinajstić information content (AvgIpc) is 2.78. The highest BCUT2D eigenvalue weighted by Crippen LogP contribution is 2.41. The van der Waals surface area contributed by atoms with Gasteiger partial charge in [-0.05, 0) is 18.7 Å². The Morgan fingerprint density at radius 3 is 3.19 bits per heavy atom. The van der Waals surface area contributed by atoms with Crippen LogP contribution in [0.15, 0.2) is 12.1 Å². The van der Waals surface area contributed by atoms with Gasteiger partial charge in [-0.25, -0.2) is 0 Å². The molecule has 0 aromatic heterocycles. The zero-order chi connectivity index (χ0) is 11.0. The van der Waals surface area contributed by atoms with Gasteiger partial charge in [-0.3, -0.25) is 0 Å². The second-order valence-electron chi connectivity index (χ2n) is 4.14. The third-order valence-corrected chi connectivity index (χ3v) is 3.13. The Morgan fingerprint density at radius 2 is 2.31 bits per heavy atom. The van der Waals surface area contributed by atoms with E-state index in [0.717, 1.165) is 30.2 Å². The van der Waals surface area contributed by atoms with Crippen LogP contribution in [0, 0.1) is 0 Å².